The molecule has 0 bridgehead atoms. The number of anilines is 1. The van der Waals surface area contributed by atoms with Gasteiger partial charge in [-0.15, -0.1) is 0 Å². The Hall–Kier alpha value is -1.78. The van der Waals surface area contributed by atoms with Crippen LogP contribution in [-0.2, 0) is 6.54 Å². The van der Waals surface area contributed by atoms with Gasteiger partial charge in [0.25, 0.3) is 5.91 Å². The van der Waals surface area contributed by atoms with E-state index in [0.29, 0.717) is 16.5 Å². The molecule has 0 fully saturated rings. The van der Waals surface area contributed by atoms with E-state index in [1.54, 1.807) is 36.4 Å². The average Bonchev–Trinajstić information content (AvgIpc) is 2.81. The molecule has 0 aliphatic heterocycles. The van der Waals surface area contributed by atoms with Gasteiger partial charge in [0.1, 0.15) is 5.76 Å². The van der Waals surface area contributed by atoms with Gasteiger partial charge in [0.05, 0.1) is 17.3 Å². The minimum absolute atomic E-state index is 0.213. The van der Waals surface area contributed by atoms with E-state index >= 15 is 0 Å². The van der Waals surface area contributed by atoms with Gasteiger partial charge < -0.3 is 15.5 Å². The van der Waals surface area contributed by atoms with Crippen LogP contribution in [0.4, 0.5) is 5.69 Å². The van der Waals surface area contributed by atoms with Gasteiger partial charge in [-0.25, -0.2) is 0 Å². The van der Waals surface area contributed by atoms with E-state index < -0.39 is 0 Å². The van der Waals surface area contributed by atoms with Crippen molar-refractivity contribution in [3.05, 3.63) is 52.9 Å². The highest BCUT2D eigenvalue weighted by Gasteiger charge is 2.12. The number of carbonyl (C=O) groups excluding carboxylic acids is 1. The largest absolute Gasteiger partial charge is 0.455 e. The van der Waals surface area contributed by atoms with Gasteiger partial charge in [-0.1, -0.05) is 23.7 Å². The number of rotatable bonds is 3. The summed E-state index contributed by atoms with van der Waals surface area (Å²) in [6, 6.07) is 10.2. The maximum Gasteiger partial charge on any atom is 0.291 e. The third-order valence-electron chi connectivity index (χ3n) is 2.21. The number of amides is 1. The van der Waals surface area contributed by atoms with Gasteiger partial charge >= 0.3 is 0 Å². The Bertz CT molecular complexity index is 537. The molecule has 0 aliphatic carbocycles. The molecule has 5 heteroatoms. The zero-order valence-corrected chi connectivity index (χ0v) is 9.70. The smallest absolute Gasteiger partial charge is 0.291 e. The van der Waals surface area contributed by atoms with Gasteiger partial charge in [-0.3, -0.25) is 4.79 Å². The van der Waals surface area contributed by atoms with Crippen LogP contribution < -0.4 is 11.1 Å². The zero-order valence-electron chi connectivity index (χ0n) is 8.94. The molecule has 0 atom stereocenters. The molecule has 2 rings (SSSR count). The number of hydrogen-bond acceptors (Lipinski definition) is 3. The van der Waals surface area contributed by atoms with Crippen LogP contribution in [0.2, 0.25) is 5.02 Å². The molecule has 1 amide bonds. The van der Waals surface area contributed by atoms with E-state index in [-0.39, 0.29) is 18.2 Å². The summed E-state index contributed by atoms with van der Waals surface area (Å²) in [6.07, 6.45) is 0. The molecular weight excluding hydrogens is 240 g/mol. The second-order valence-corrected chi connectivity index (χ2v) is 3.81. The monoisotopic (exact) mass is 250 g/mol. The van der Waals surface area contributed by atoms with Crippen molar-refractivity contribution in [2.75, 3.05) is 5.32 Å². The number of nitrogens with two attached hydrogens (primary N) is 1. The first kappa shape index (κ1) is 11.7. The van der Waals surface area contributed by atoms with E-state index in [0.717, 1.165) is 0 Å². The third-order valence-corrected chi connectivity index (χ3v) is 2.54. The summed E-state index contributed by atoms with van der Waals surface area (Å²) in [5.74, 6) is 0.428. The van der Waals surface area contributed by atoms with Crippen LogP contribution in [0.3, 0.4) is 0 Å². The summed E-state index contributed by atoms with van der Waals surface area (Å²) in [7, 11) is 0. The van der Waals surface area contributed by atoms with Crippen LogP contribution in [0.5, 0.6) is 0 Å². The molecule has 3 N–H and O–H groups in total. The molecule has 17 heavy (non-hydrogen) atoms. The highest BCUT2D eigenvalue weighted by Crippen LogP contribution is 2.21. The minimum Gasteiger partial charge on any atom is -0.455 e. The van der Waals surface area contributed by atoms with Crippen LogP contribution in [0.1, 0.15) is 16.3 Å². The molecule has 0 radical (unpaired) electrons. The summed E-state index contributed by atoms with van der Waals surface area (Å²) in [5.41, 5.74) is 5.94. The first-order valence-corrected chi connectivity index (χ1v) is 5.43. The molecule has 0 unspecified atom stereocenters. The highest BCUT2D eigenvalue weighted by atomic mass is 35.5. The number of furan rings is 1. The molecule has 2 aromatic rings. The minimum atomic E-state index is -0.349. The normalized spacial score (nSPS) is 10.2. The molecule has 4 nitrogen and oxygen atoms in total. The van der Waals surface area contributed by atoms with Crippen molar-refractivity contribution >= 4 is 23.2 Å². The second-order valence-electron chi connectivity index (χ2n) is 3.40. The molecule has 0 aliphatic rings. The van der Waals surface area contributed by atoms with E-state index in [1.165, 1.54) is 0 Å². The Morgan fingerprint density at radius 3 is 2.71 bits per heavy atom. The van der Waals surface area contributed by atoms with Gasteiger partial charge in [-0.2, -0.15) is 0 Å². The van der Waals surface area contributed by atoms with Crippen molar-refractivity contribution in [3.63, 3.8) is 0 Å². The van der Waals surface area contributed by atoms with E-state index in [4.69, 9.17) is 21.8 Å². The third kappa shape index (κ3) is 2.67. The van der Waals surface area contributed by atoms with Crippen LogP contribution in [0.15, 0.2) is 40.8 Å². The lowest BCUT2D eigenvalue weighted by Gasteiger charge is -2.04. The Morgan fingerprint density at radius 1 is 1.29 bits per heavy atom. The molecule has 0 spiro atoms. The fraction of sp³-hybridized carbons (Fsp3) is 0.0833. The van der Waals surface area contributed by atoms with Crippen molar-refractivity contribution in [1.29, 1.82) is 0 Å². The second kappa shape index (κ2) is 5.03. The number of nitrogens with one attached hydrogen (secondary N) is 1. The van der Waals surface area contributed by atoms with Crippen molar-refractivity contribution in [2.45, 2.75) is 6.54 Å². The molecule has 1 aromatic heterocycles. The van der Waals surface area contributed by atoms with Crippen molar-refractivity contribution in [1.82, 2.24) is 0 Å². The van der Waals surface area contributed by atoms with E-state index in [2.05, 4.69) is 5.32 Å². The Kier molecular flexibility index (Phi) is 3.46. The number of hydrogen-bond donors (Lipinski definition) is 2. The van der Waals surface area contributed by atoms with Crippen molar-refractivity contribution < 1.29 is 9.21 Å². The van der Waals surface area contributed by atoms with Crippen LogP contribution in [-0.4, -0.2) is 5.91 Å². The van der Waals surface area contributed by atoms with Crippen LogP contribution >= 0.6 is 11.6 Å². The van der Waals surface area contributed by atoms with Crippen molar-refractivity contribution in [2.24, 2.45) is 5.73 Å². The standard InChI is InChI=1S/C12H11ClN2O2/c13-9-3-1-2-4-10(9)15-12(16)11-6-5-8(7-14)17-11/h1-6H,7,14H2,(H,15,16). The van der Waals surface area contributed by atoms with E-state index in [1.807, 2.05) is 0 Å². The Morgan fingerprint density at radius 2 is 2.06 bits per heavy atom. The van der Waals surface area contributed by atoms with E-state index in [9.17, 15) is 4.79 Å². The van der Waals surface area contributed by atoms with Crippen LogP contribution in [0.25, 0.3) is 0 Å². The molecule has 1 heterocycles. The Labute approximate surface area is 103 Å². The highest BCUT2D eigenvalue weighted by molar-refractivity contribution is 6.33. The SMILES string of the molecule is NCc1ccc(C(=O)Nc2ccccc2Cl)o1. The molecule has 0 saturated heterocycles. The molecular formula is C12H11ClN2O2. The number of halogens is 1. The summed E-state index contributed by atoms with van der Waals surface area (Å²) >= 11 is 5.92. The van der Waals surface area contributed by atoms with Gasteiger partial charge in [0, 0.05) is 0 Å². The first-order chi connectivity index (χ1) is 8.20. The number of para-hydroxylation sites is 1. The fourth-order valence-electron chi connectivity index (χ4n) is 1.36. The van der Waals surface area contributed by atoms with Gasteiger partial charge in [0.2, 0.25) is 0 Å². The molecule has 88 valence electrons. The lowest BCUT2D eigenvalue weighted by Crippen LogP contribution is -2.11. The predicted octanol–water partition coefficient (Wildman–Crippen LogP) is 2.64. The lowest BCUT2D eigenvalue weighted by molar-refractivity contribution is 0.0995. The summed E-state index contributed by atoms with van der Waals surface area (Å²) < 4.78 is 5.23. The molecule has 1 aromatic carbocycles. The topological polar surface area (TPSA) is 68.3 Å². The number of carbonyl (C=O) groups is 1. The summed E-state index contributed by atoms with van der Waals surface area (Å²) in [4.78, 5) is 11.8. The maximum absolute atomic E-state index is 11.8. The lowest BCUT2D eigenvalue weighted by atomic mass is 10.3. The summed E-state index contributed by atoms with van der Waals surface area (Å²) in [5, 5.41) is 3.14. The Balaban J connectivity index is 2.14. The average molecular weight is 251 g/mol. The quantitative estimate of drug-likeness (QED) is 0.880. The van der Waals surface area contributed by atoms with Gasteiger partial charge in [0.15, 0.2) is 5.76 Å². The number of benzene rings is 1. The predicted molar refractivity (Wildman–Crippen MR) is 66.0 cm³/mol. The zero-order chi connectivity index (χ0) is 12.3. The van der Waals surface area contributed by atoms with Crippen LogP contribution in [0, 0.1) is 0 Å². The maximum atomic E-state index is 11.8. The molecule has 0 saturated carbocycles. The summed E-state index contributed by atoms with van der Waals surface area (Å²) in [6.45, 7) is 0.263. The first-order valence-electron chi connectivity index (χ1n) is 5.05. The fourth-order valence-corrected chi connectivity index (χ4v) is 1.54. The van der Waals surface area contributed by atoms with Crippen molar-refractivity contribution in [3.8, 4) is 0 Å². The van der Waals surface area contributed by atoms with Gasteiger partial charge in [-0.05, 0) is 24.3 Å².